The maximum absolute atomic E-state index is 11.4. The summed E-state index contributed by atoms with van der Waals surface area (Å²) in [4.78, 5) is 15.5. The number of aromatic nitrogens is 3. The third-order valence-electron chi connectivity index (χ3n) is 2.18. The average Bonchev–Trinajstić information content (AvgIpc) is 2.66. The van der Waals surface area contributed by atoms with Crippen molar-refractivity contribution in [1.29, 1.82) is 5.26 Å². The standard InChI is InChI=1S/C10H15N5O/c1-3-8(6-11)10(16)12-5-4-9-13-7-15(2)14-9/h7-8H,3-5H2,1-2H3,(H,12,16). The van der Waals surface area contributed by atoms with Crippen molar-refractivity contribution in [3.8, 4) is 6.07 Å². The topological polar surface area (TPSA) is 83.6 Å². The van der Waals surface area contributed by atoms with Gasteiger partial charge in [0.15, 0.2) is 5.82 Å². The highest BCUT2D eigenvalue weighted by molar-refractivity contribution is 5.80. The largest absolute Gasteiger partial charge is 0.355 e. The summed E-state index contributed by atoms with van der Waals surface area (Å²) in [5.41, 5.74) is 0. The van der Waals surface area contributed by atoms with Crippen molar-refractivity contribution in [2.75, 3.05) is 6.54 Å². The van der Waals surface area contributed by atoms with Crippen molar-refractivity contribution in [3.63, 3.8) is 0 Å². The molecule has 6 heteroatoms. The van der Waals surface area contributed by atoms with Gasteiger partial charge in [0, 0.05) is 20.0 Å². The fourth-order valence-corrected chi connectivity index (χ4v) is 1.25. The third-order valence-corrected chi connectivity index (χ3v) is 2.18. The lowest BCUT2D eigenvalue weighted by Gasteiger charge is -2.06. The predicted octanol–water partition coefficient (Wildman–Crippen LogP) is 0.0236. The second-order valence-corrected chi connectivity index (χ2v) is 3.47. The van der Waals surface area contributed by atoms with Gasteiger partial charge in [-0.1, -0.05) is 6.92 Å². The number of nitrogens with one attached hydrogen (secondary N) is 1. The first-order valence-electron chi connectivity index (χ1n) is 5.19. The van der Waals surface area contributed by atoms with Crippen LogP contribution in [0.1, 0.15) is 19.2 Å². The van der Waals surface area contributed by atoms with Crippen LogP contribution in [-0.2, 0) is 18.3 Å². The molecule has 1 heterocycles. The van der Waals surface area contributed by atoms with Crippen LogP contribution in [0.4, 0.5) is 0 Å². The van der Waals surface area contributed by atoms with Gasteiger partial charge in [0.1, 0.15) is 12.2 Å². The number of hydrogen-bond acceptors (Lipinski definition) is 4. The minimum atomic E-state index is -0.559. The number of amides is 1. The summed E-state index contributed by atoms with van der Waals surface area (Å²) in [5, 5.41) is 15.5. The Balaban J connectivity index is 2.31. The Labute approximate surface area is 94.3 Å². The third kappa shape index (κ3) is 3.35. The van der Waals surface area contributed by atoms with Gasteiger partial charge in [-0.3, -0.25) is 9.48 Å². The monoisotopic (exact) mass is 221 g/mol. The van der Waals surface area contributed by atoms with Gasteiger partial charge in [0.2, 0.25) is 5.91 Å². The van der Waals surface area contributed by atoms with Gasteiger partial charge < -0.3 is 5.32 Å². The summed E-state index contributed by atoms with van der Waals surface area (Å²) < 4.78 is 1.61. The molecule has 0 radical (unpaired) electrons. The molecule has 1 aromatic heterocycles. The van der Waals surface area contributed by atoms with Crippen molar-refractivity contribution in [2.45, 2.75) is 19.8 Å². The molecule has 0 fully saturated rings. The number of carbonyl (C=O) groups is 1. The van der Waals surface area contributed by atoms with E-state index in [0.29, 0.717) is 25.2 Å². The van der Waals surface area contributed by atoms with Gasteiger partial charge in [0.25, 0.3) is 0 Å². The van der Waals surface area contributed by atoms with Gasteiger partial charge in [0.05, 0.1) is 6.07 Å². The molecule has 0 bridgehead atoms. The smallest absolute Gasteiger partial charge is 0.237 e. The Morgan fingerprint density at radius 3 is 3.00 bits per heavy atom. The molecule has 0 saturated heterocycles. The van der Waals surface area contributed by atoms with Crippen LogP contribution in [0, 0.1) is 17.2 Å². The van der Waals surface area contributed by atoms with E-state index < -0.39 is 5.92 Å². The van der Waals surface area contributed by atoms with E-state index in [1.165, 1.54) is 0 Å². The molecule has 0 saturated carbocycles. The molecule has 6 nitrogen and oxygen atoms in total. The molecule has 1 N–H and O–H groups in total. The molecule has 1 rings (SSSR count). The van der Waals surface area contributed by atoms with E-state index in [4.69, 9.17) is 5.26 Å². The summed E-state index contributed by atoms with van der Waals surface area (Å²) in [6.07, 6.45) is 2.72. The number of aryl methyl sites for hydroxylation is 1. The second-order valence-electron chi connectivity index (χ2n) is 3.47. The molecule has 0 aliphatic rings. The summed E-state index contributed by atoms with van der Waals surface area (Å²) in [7, 11) is 1.79. The van der Waals surface area contributed by atoms with E-state index in [0.717, 1.165) is 0 Å². The molecule has 0 aliphatic carbocycles. The molecule has 0 aromatic carbocycles. The van der Waals surface area contributed by atoms with E-state index in [9.17, 15) is 4.79 Å². The molecule has 0 spiro atoms. The zero-order chi connectivity index (χ0) is 12.0. The van der Waals surface area contributed by atoms with Crippen LogP contribution in [0.25, 0.3) is 0 Å². The van der Waals surface area contributed by atoms with Crippen LogP contribution in [0.15, 0.2) is 6.33 Å². The zero-order valence-electron chi connectivity index (χ0n) is 9.47. The molecule has 1 atom stereocenters. The predicted molar refractivity (Wildman–Crippen MR) is 57.1 cm³/mol. The lowest BCUT2D eigenvalue weighted by Crippen LogP contribution is -2.31. The van der Waals surface area contributed by atoms with E-state index in [1.54, 1.807) is 18.1 Å². The van der Waals surface area contributed by atoms with Crippen LogP contribution >= 0.6 is 0 Å². The fraction of sp³-hybridized carbons (Fsp3) is 0.600. The van der Waals surface area contributed by atoms with Gasteiger partial charge in [-0.15, -0.1) is 0 Å². The Kier molecular flexibility index (Phi) is 4.45. The van der Waals surface area contributed by atoms with Crippen molar-refractivity contribution < 1.29 is 4.79 Å². The SMILES string of the molecule is CCC(C#N)C(=O)NCCc1ncn(C)n1. The highest BCUT2D eigenvalue weighted by Gasteiger charge is 2.14. The number of carbonyl (C=O) groups excluding carboxylic acids is 1. The number of nitrogens with zero attached hydrogens (tertiary/aromatic N) is 4. The Morgan fingerprint density at radius 2 is 2.50 bits per heavy atom. The van der Waals surface area contributed by atoms with Crippen LogP contribution in [0.3, 0.4) is 0 Å². The molecule has 1 amide bonds. The zero-order valence-corrected chi connectivity index (χ0v) is 9.47. The number of hydrogen-bond donors (Lipinski definition) is 1. The fourth-order valence-electron chi connectivity index (χ4n) is 1.25. The lowest BCUT2D eigenvalue weighted by molar-refractivity contribution is -0.123. The maximum atomic E-state index is 11.4. The van der Waals surface area contributed by atoms with Gasteiger partial charge in [-0.05, 0) is 6.42 Å². The van der Waals surface area contributed by atoms with Crippen LogP contribution in [0.2, 0.25) is 0 Å². The summed E-state index contributed by atoms with van der Waals surface area (Å²) in [5.74, 6) is -0.0922. The highest BCUT2D eigenvalue weighted by Crippen LogP contribution is 1.99. The molecular weight excluding hydrogens is 206 g/mol. The van der Waals surface area contributed by atoms with Gasteiger partial charge in [-0.2, -0.15) is 10.4 Å². The van der Waals surface area contributed by atoms with Crippen LogP contribution in [-0.4, -0.2) is 27.2 Å². The van der Waals surface area contributed by atoms with Gasteiger partial charge in [-0.25, -0.2) is 4.98 Å². The normalized spacial score (nSPS) is 11.8. The molecular formula is C10H15N5O. The first-order valence-corrected chi connectivity index (χ1v) is 5.19. The summed E-state index contributed by atoms with van der Waals surface area (Å²) in [6.45, 7) is 2.27. The van der Waals surface area contributed by atoms with E-state index >= 15 is 0 Å². The minimum absolute atomic E-state index is 0.221. The quantitative estimate of drug-likeness (QED) is 0.760. The van der Waals surface area contributed by atoms with E-state index in [-0.39, 0.29) is 5.91 Å². The Hall–Kier alpha value is -1.90. The van der Waals surface area contributed by atoms with Crippen molar-refractivity contribution >= 4 is 5.91 Å². The average molecular weight is 221 g/mol. The molecule has 16 heavy (non-hydrogen) atoms. The second kappa shape index (κ2) is 5.85. The summed E-state index contributed by atoms with van der Waals surface area (Å²) >= 11 is 0. The molecule has 1 unspecified atom stereocenters. The minimum Gasteiger partial charge on any atom is -0.355 e. The molecule has 0 aliphatic heterocycles. The maximum Gasteiger partial charge on any atom is 0.237 e. The summed E-state index contributed by atoms with van der Waals surface area (Å²) in [6, 6.07) is 1.96. The van der Waals surface area contributed by atoms with Crippen LogP contribution < -0.4 is 5.32 Å². The molecule has 86 valence electrons. The Bertz CT molecular complexity index is 392. The molecule has 1 aromatic rings. The number of rotatable bonds is 5. The van der Waals surface area contributed by atoms with Crippen molar-refractivity contribution in [1.82, 2.24) is 20.1 Å². The lowest BCUT2D eigenvalue weighted by atomic mass is 10.1. The number of nitriles is 1. The first-order chi connectivity index (χ1) is 7.67. The van der Waals surface area contributed by atoms with Crippen LogP contribution in [0.5, 0.6) is 0 Å². The highest BCUT2D eigenvalue weighted by atomic mass is 16.1. The van der Waals surface area contributed by atoms with Gasteiger partial charge >= 0.3 is 0 Å². The van der Waals surface area contributed by atoms with Crippen molar-refractivity contribution in [3.05, 3.63) is 12.2 Å². The van der Waals surface area contributed by atoms with E-state index in [1.807, 2.05) is 13.0 Å². The van der Waals surface area contributed by atoms with Crippen molar-refractivity contribution in [2.24, 2.45) is 13.0 Å². The first kappa shape index (κ1) is 12.2. The Morgan fingerprint density at radius 1 is 1.75 bits per heavy atom. The van der Waals surface area contributed by atoms with E-state index in [2.05, 4.69) is 15.4 Å².